The minimum absolute atomic E-state index is 0.160. The number of ether oxygens (including phenoxy) is 1. The number of piperazine rings is 1. The third-order valence-corrected chi connectivity index (χ3v) is 5.79. The lowest BCUT2D eigenvalue weighted by Gasteiger charge is -2.35. The Labute approximate surface area is 185 Å². The van der Waals surface area contributed by atoms with Gasteiger partial charge in [0.2, 0.25) is 5.91 Å². The van der Waals surface area contributed by atoms with Gasteiger partial charge >= 0.3 is 5.97 Å². The number of aromatic amines is 1. The van der Waals surface area contributed by atoms with Crippen LogP contribution in [0.4, 0.5) is 11.4 Å². The van der Waals surface area contributed by atoms with Crippen LogP contribution < -0.4 is 10.2 Å². The van der Waals surface area contributed by atoms with Crippen LogP contribution in [0.5, 0.6) is 0 Å². The van der Waals surface area contributed by atoms with E-state index >= 15 is 0 Å². The molecule has 2 aromatic carbocycles. The number of esters is 1. The first-order chi connectivity index (χ1) is 14.9. The summed E-state index contributed by atoms with van der Waals surface area (Å²) in [6.07, 6.45) is 0. The molecule has 0 bridgehead atoms. The minimum atomic E-state index is -0.513. The summed E-state index contributed by atoms with van der Waals surface area (Å²) in [7, 11) is 1.32. The number of H-pyrrole nitrogens is 1. The quantitative estimate of drug-likeness (QED) is 0.592. The van der Waals surface area contributed by atoms with E-state index < -0.39 is 5.97 Å². The second kappa shape index (κ2) is 8.99. The van der Waals surface area contributed by atoms with Gasteiger partial charge in [-0.15, -0.1) is 0 Å². The van der Waals surface area contributed by atoms with E-state index in [-0.39, 0.29) is 18.1 Å². The number of carbonyl (C=O) groups is 2. The number of aryl methyl sites for hydroxylation is 1. The Morgan fingerprint density at radius 2 is 1.81 bits per heavy atom. The van der Waals surface area contributed by atoms with Crippen LogP contribution in [0.1, 0.15) is 16.1 Å². The number of carbonyl (C=O) groups excluding carboxylic acids is 2. The van der Waals surface area contributed by atoms with Gasteiger partial charge in [-0.2, -0.15) is 0 Å². The van der Waals surface area contributed by atoms with Gasteiger partial charge in [-0.1, -0.05) is 23.2 Å². The molecular weight excluding hydrogens is 416 g/mol. The summed E-state index contributed by atoms with van der Waals surface area (Å²) in [5, 5.41) is 4.44. The number of hydrogen-bond donors (Lipinski definition) is 2. The Morgan fingerprint density at radius 3 is 2.48 bits per heavy atom. The molecule has 2 heterocycles. The molecule has 1 aliphatic rings. The maximum atomic E-state index is 12.8. The van der Waals surface area contributed by atoms with E-state index in [9.17, 15) is 9.59 Å². The minimum Gasteiger partial charge on any atom is -0.464 e. The normalized spacial score (nSPS) is 14.6. The summed E-state index contributed by atoms with van der Waals surface area (Å²) in [5.41, 5.74) is 3.67. The van der Waals surface area contributed by atoms with E-state index in [0.29, 0.717) is 5.69 Å². The molecule has 1 fully saturated rings. The highest BCUT2D eigenvalue weighted by molar-refractivity contribution is 6.30. The Balaban J connectivity index is 1.42. The molecule has 7 nitrogen and oxygen atoms in total. The molecule has 0 radical (unpaired) electrons. The third-order valence-electron chi connectivity index (χ3n) is 5.54. The number of anilines is 2. The Hall–Kier alpha value is -3.03. The van der Waals surface area contributed by atoms with E-state index in [1.165, 1.54) is 7.11 Å². The number of hydrogen-bond acceptors (Lipinski definition) is 5. The van der Waals surface area contributed by atoms with Crippen LogP contribution in [0.3, 0.4) is 0 Å². The van der Waals surface area contributed by atoms with Crippen molar-refractivity contribution in [3.05, 3.63) is 58.7 Å². The Kier molecular flexibility index (Phi) is 6.15. The SMILES string of the molecule is COC(=O)c1[nH]c2ccc(C)cc2c1NC(=O)CN1CCN(c2ccc(Cl)cc2)CC1. The molecule has 31 heavy (non-hydrogen) atoms. The van der Waals surface area contributed by atoms with Crippen LogP contribution in [0.2, 0.25) is 5.02 Å². The second-order valence-corrected chi connectivity index (χ2v) is 8.14. The highest BCUT2D eigenvalue weighted by Gasteiger charge is 2.23. The molecule has 0 unspecified atom stereocenters. The van der Waals surface area contributed by atoms with Crippen molar-refractivity contribution >= 4 is 45.8 Å². The number of rotatable bonds is 5. The fraction of sp³-hybridized carbons (Fsp3) is 0.304. The predicted octanol–water partition coefficient (Wildman–Crippen LogP) is 3.68. The lowest BCUT2D eigenvalue weighted by atomic mass is 10.1. The van der Waals surface area contributed by atoms with Crippen molar-refractivity contribution in [2.75, 3.05) is 50.1 Å². The average Bonchev–Trinajstić information content (AvgIpc) is 3.11. The molecule has 0 atom stereocenters. The summed E-state index contributed by atoms with van der Waals surface area (Å²) in [6.45, 7) is 5.42. The van der Waals surface area contributed by atoms with Crippen LogP contribution in [0.25, 0.3) is 10.9 Å². The van der Waals surface area contributed by atoms with E-state index in [0.717, 1.165) is 53.4 Å². The maximum absolute atomic E-state index is 12.8. The summed E-state index contributed by atoms with van der Waals surface area (Å²) in [5.74, 6) is -0.673. The number of aromatic nitrogens is 1. The molecule has 3 aromatic rings. The van der Waals surface area contributed by atoms with Gasteiger partial charge in [-0.3, -0.25) is 9.69 Å². The van der Waals surface area contributed by atoms with Gasteiger partial charge in [0, 0.05) is 47.8 Å². The topological polar surface area (TPSA) is 77.7 Å². The first-order valence-electron chi connectivity index (χ1n) is 10.2. The van der Waals surface area contributed by atoms with Crippen LogP contribution >= 0.6 is 11.6 Å². The Morgan fingerprint density at radius 1 is 1.10 bits per heavy atom. The summed E-state index contributed by atoms with van der Waals surface area (Å²) < 4.78 is 4.88. The van der Waals surface area contributed by atoms with Gasteiger partial charge in [0.25, 0.3) is 0 Å². The van der Waals surface area contributed by atoms with Gasteiger partial charge in [0.15, 0.2) is 0 Å². The van der Waals surface area contributed by atoms with Crippen LogP contribution in [0.15, 0.2) is 42.5 Å². The summed E-state index contributed by atoms with van der Waals surface area (Å²) in [4.78, 5) is 32.5. The number of fused-ring (bicyclic) bond motifs is 1. The summed E-state index contributed by atoms with van der Waals surface area (Å²) >= 11 is 5.97. The predicted molar refractivity (Wildman–Crippen MR) is 123 cm³/mol. The third kappa shape index (κ3) is 4.68. The molecule has 0 spiro atoms. The maximum Gasteiger partial charge on any atom is 0.356 e. The highest BCUT2D eigenvalue weighted by atomic mass is 35.5. The molecular formula is C23H25ClN4O3. The first kappa shape index (κ1) is 21.2. The number of nitrogens with zero attached hydrogens (tertiary/aromatic N) is 2. The average molecular weight is 441 g/mol. The van der Waals surface area contributed by atoms with Crippen LogP contribution in [-0.4, -0.2) is 61.6 Å². The van der Waals surface area contributed by atoms with Crippen molar-refractivity contribution in [3.63, 3.8) is 0 Å². The number of methoxy groups -OCH3 is 1. The van der Waals surface area contributed by atoms with Crippen molar-refractivity contribution in [1.29, 1.82) is 0 Å². The molecule has 162 valence electrons. The van der Waals surface area contributed by atoms with Crippen molar-refractivity contribution in [2.24, 2.45) is 0 Å². The standard InChI is InChI=1S/C23H25ClN4O3/c1-15-3-8-19-18(13-15)21(22(25-19)23(30)31-2)26-20(29)14-27-9-11-28(12-10-27)17-6-4-16(24)5-7-17/h3-8,13,25H,9-12,14H2,1-2H3,(H,26,29). The van der Waals surface area contributed by atoms with Crippen molar-refractivity contribution in [3.8, 4) is 0 Å². The zero-order valence-electron chi connectivity index (χ0n) is 17.6. The fourth-order valence-corrected chi connectivity index (χ4v) is 4.01. The van der Waals surface area contributed by atoms with Crippen molar-refractivity contribution in [1.82, 2.24) is 9.88 Å². The van der Waals surface area contributed by atoms with Gasteiger partial charge in [0.1, 0.15) is 5.69 Å². The van der Waals surface area contributed by atoms with E-state index in [1.807, 2.05) is 49.4 Å². The molecule has 0 aliphatic carbocycles. The number of amides is 1. The number of benzene rings is 2. The van der Waals surface area contributed by atoms with Crippen molar-refractivity contribution < 1.29 is 14.3 Å². The number of halogens is 1. The number of nitrogens with one attached hydrogen (secondary N) is 2. The van der Waals surface area contributed by atoms with Gasteiger partial charge in [-0.25, -0.2) is 4.79 Å². The molecule has 8 heteroatoms. The lowest BCUT2D eigenvalue weighted by Crippen LogP contribution is -2.48. The van der Waals surface area contributed by atoms with E-state index in [1.54, 1.807) is 0 Å². The van der Waals surface area contributed by atoms with E-state index in [2.05, 4.69) is 20.1 Å². The monoisotopic (exact) mass is 440 g/mol. The second-order valence-electron chi connectivity index (χ2n) is 7.70. The van der Waals surface area contributed by atoms with Crippen molar-refractivity contribution in [2.45, 2.75) is 6.92 Å². The smallest absolute Gasteiger partial charge is 0.356 e. The molecule has 1 saturated heterocycles. The molecule has 1 aliphatic heterocycles. The largest absolute Gasteiger partial charge is 0.464 e. The Bertz CT molecular complexity index is 1100. The zero-order chi connectivity index (χ0) is 22.0. The first-order valence-corrected chi connectivity index (χ1v) is 10.6. The molecule has 0 saturated carbocycles. The molecule has 4 rings (SSSR count). The molecule has 2 N–H and O–H groups in total. The summed E-state index contributed by atoms with van der Waals surface area (Å²) in [6, 6.07) is 13.6. The lowest BCUT2D eigenvalue weighted by molar-refractivity contribution is -0.117. The fourth-order valence-electron chi connectivity index (χ4n) is 3.89. The highest BCUT2D eigenvalue weighted by Crippen LogP contribution is 2.29. The zero-order valence-corrected chi connectivity index (χ0v) is 18.3. The molecule has 1 aromatic heterocycles. The van der Waals surface area contributed by atoms with Crippen LogP contribution in [0, 0.1) is 6.92 Å². The van der Waals surface area contributed by atoms with Gasteiger partial charge in [0.05, 0.1) is 19.3 Å². The van der Waals surface area contributed by atoms with E-state index in [4.69, 9.17) is 16.3 Å². The molecule has 1 amide bonds. The van der Waals surface area contributed by atoms with Crippen LogP contribution in [-0.2, 0) is 9.53 Å². The van der Waals surface area contributed by atoms with Gasteiger partial charge < -0.3 is 19.9 Å². The van der Waals surface area contributed by atoms with Gasteiger partial charge in [-0.05, 0) is 43.3 Å².